The highest BCUT2D eigenvalue weighted by Crippen LogP contribution is 2.22. The summed E-state index contributed by atoms with van der Waals surface area (Å²) in [6.07, 6.45) is 10.1. The Morgan fingerprint density at radius 3 is 3.10 bits per heavy atom. The number of nitrogens with two attached hydrogens (primary N) is 1. The molecule has 0 saturated heterocycles. The zero-order valence-electron chi connectivity index (χ0n) is 5.62. The molecule has 0 amide bonds. The van der Waals surface area contributed by atoms with Gasteiger partial charge in [0.05, 0.1) is 0 Å². The maximum Gasteiger partial charge on any atom is 0.0374 e. The van der Waals surface area contributed by atoms with Crippen molar-refractivity contribution < 1.29 is 0 Å². The Labute approximate surface area is 60.1 Å². The minimum absolute atomic E-state index is 0.159. The van der Waals surface area contributed by atoms with Crippen LogP contribution in [-0.4, -0.2) is 6.04 Å². The summed E-state index contributed by atoms with van der Waals surface area (Å²) >= 11 is 0. The largest absolute Gasteiger partial charge is 0.365 e. The van der Waals surface area contributed by atoms with Gasteiger partial charge in [-0.15, -0.1) is 0 Å². The van der Waals surface area contributed by atoms with Crippen LogP contribution in [0.5, 0.6) is 0 Å². The van der Waals surface area contributed by atoms with Crippen LogP contribution in [0, 0.1) is 5.92 Å². The molecule has 0 aromatic rings. The Balaban J connectivity index is 2.31. The molecule has 10 heavy (non-hydrogen) atoms. The van der Waals surface area contributed by atoms with Crippen LogP contribution in [0.4, 0.5) is 0 Å². The fraction of sp³-hybridized carbons (Fsp3) is 0.250. The first-order valence-corrected chi connectivity index (χ1v) is 3.45. The molecule has 0 radical (unpaired) electrons. The number of hydrogen-bond donors (Lipinski definition) is 2. The monoisotopic (exact) mass is 134 g/mol. The van der Waals surface area contributed by atoms with Crippen LogP contribution in [0.25, 0.3) is 0 Å². The van der Waals surface area contributed by atoms with Crippen LogP contribution >= 0.6 is 0 Å². The van der Waals surface area contributed by atoms with Gasteiger partial charge in [0.2, 0.25) is 0 Å². The second-order valence-corrected chi connectivity index (χ2v) is 2.61. The van der Waals surface area contributed by atoms with Crippen molar-refractivity contribution in [2.75, 3.05) is 0 Å². The summed E-state index contributed by atoms with van der Waals surface area (Å²) in [6.45, 7) is 0. The molecule has 2 unspecified atom stereocenters. The van der Waals surface area contributed by atoms with Crippen LogP contribution in [0.3, 0.4) is 0 Å². The summed E-state index contributed by atoms with van der Waals surface area (Å²) < 4.78 is 0. The van der Waals surface area contributed by atoms with E-state index in [-0.39, 0.29) is 6.04 Å². The molecule has 0 aromatic carbocycles. The highest BCUT2D eigenvalue weighted by Gasteiger charge is 2.21. The molecule has 0 aromatic heterocycles. The normalized spacial score (nSPS) is 35.1. The van der Waals surface area contributed by atoms with E-state index in [0.717, 1.165) is 0 Å². The zero-order chi connectivity index (χ0) is 6.97. The van der Waals surface area contributed by atoms with Crippen molar-refractivity contribution in [1.82, 2.24) is 5.32 Å². The highest BCUT2D eigenvalue weighted by molar-refractivity contribution is 5.32. The van der Waals surface area contributed by atoms with E-state index in [1.54, 1.807) is 0 Å². The molecule has 1 heterocycles. The molecule has 0 bridgehead atoms. The van der Waals surface area contributed by atoms with E-state index < -0.39 is 0 Å². The topological polar surface area (TPSA) is 38.0 Å². The quantitative estimate of drug-likeness (QED) is 0.506. The van der Waals surface area contributed by atoms with Gasteiger partial charge < -0.3 is 11.1 Å². The number of rotatable bonds is 0. The average Bonchev–Trinajstić information content (AvgIpc) is 2.36. The summed E-state index contributed by atoms with van der Waals surface area (Å²) in [5.74, 6) is 0.394. The zero-order valence-corrected chi connectivity index (χ0v) is 5.62. The van der Waals surface area contributed by atoms with Crippen molar-refractivity contribution in [1.29, 1.82) is 0 Å². The van der Waals surface area contributed by atoms with Gasteiger partial charge in [0.1, 0.15) is 0 Å². The first kappa shape index (κ1) is 5.74. The SMILES string of the molecule is NC1C=CC=C2NC=CC21. The Morgan fingerprint density at radius 2 is 2.30 bits per heavy atom. The first-order chi connectivity index (χ1) is 4.88. The van der Waals surface area contributed by atoms with Crippen LogP contribution in [-0.2, 0) is 0 Å². The van der Waals surface area contributed by atoms with Gasteiger partial charge in [-0.1, -0.05) is 18.2 Å². The molecular formula is C8H10N2. The van der Waals surface area contributed by atoms with Crippen LogP contribution in [0.2, 0.25) is 0 Å². The van der Waals surface area contributed by atoms with Crippen molar-refractivity contribution >= 4 is 0 Å². The van der Waals surface area contributed by atoms with Gasteiger partial charge in [-0.3, -0.25) is 0 Å². The third-order valence-electron chi connectivity index (χ3n) is 1.94. The molecule has 52 valence electrons. The second-order valence-electron chi connectivity index (χ2n) is 2.61. The molecule has 0 spiro atoms. The van der Waals surface area contributed by atoms with Crippen molar-refractivity contribution in [2.45, 2.75) is 6.04 Å². The summed E-state index contributed by atoms with van der Waals surface area (Å²) in [4.78, 5) is 0. The Hall–Kier alpha value is -1.02. The lowest BCUT2D eigenvalue weighted by Gasteiger charge is -2.18. The average molecular weight is 134 g/mol. The molecule has 2 rings (SSSR count). The fourth-order valence-electron chi connectivity index (χ4n) is 1.35. The van der Waals surface area contributed by atoms with Crippen LogP contribution in [0.15, 0.2) is 36.2 Å². The molecule has 2 heteroatoms. The maximum absolute atomic E-state index is 5.80. The maximum atomic E-state index is 5.80. The summed E-state index contributed by atoms with van der Waals surface area (Å²) in [5.41, 5.74) is 7.02. The van der Waals surface area contributed by atoms with Crippen LogP contribution in [0.1, 0.15) is 0 Å². The standard InChI is InChI=1S/C8H10N2/c9-7-2-1-3-8-6(7)4-5-10-8/h1-7,10H,9H2. The van der Waals surface area contributed by atoms with Gasteiger partial charge >= 0.3 is 0 Å². The van der Waals surface area contributed by atoms with Gasteiger partial charge in [0.15, 0.2) is 0 Å². The van der Waals surface area contributed by atoms with Gasteiger partial charge in [-0.2, -0.15) is 0 Å². The molecule has 3 N–H and O–H groups in total. The fourth-order valence-corrected chi connectivity index (χ4v) is 1.35. The number of nitrogens with one attached hydrogen (secondary N) is 1. The van der Waals surface area contributed by atoms with Gasteiger partial charge in [0.25, 0.3) is 0 Å². The highest BCUT2D eigenvalue weighted by atomic mass is 14.9. The van der Waals surface area contributed by atoms with E-state index in [2.05, 4.69) is 17.5 Å². The predicted octanol–water partition coefficient (Wildman–Crippen LogP) is 0.500. The van der Waals surface area contributed by atoms with Crippen molar-refractivity contribution in [2.24, 2.45) is 11.7 Å². The van der Waals surface area contributed by atoms with Gasteiger partial charge in [0, 0.05) is 17.7 Å². The third kappa shape index (κ3) is 0.693. The smallest absolute Gasteiger partial charge is 0.0374 e. The van der Waals surface area contributed by atoms with E-state index in [1.807, 2.05) is 18.4 Å². The Bertz CT molecular complexity index is 225. The van der Waals surface area contributed by atoms with Crippen molar-refractivity contribution in [3.63, 3.8) is 0 Å². The molecular weight excluding hydrogens is 124 g/mol. The summed E-state index contributed by atoms with van der Waals surface area (Å²) in [7, 11) is 0. The Kier molecular flexibility index (Phi) is 1.14. The minimum Gasteiger partial charge on any atom is -0.365 e. The second kappa shape index (κ2) is 1.99. The Morgan fingerprint density at radius 1 is 1.40 bits per heavy atom. The summed E-state index contributed by atoms with van der Waals surface area (Å²) in [6, 6.07) is 0.159. The minimum atomic E-state index is 0.159. The first-order valence-electron chi connectivity index (χ1n) is 3.45. The van der Waals surface area contributed by atoms with Gasteiger partial charge in [-0.05, 0) is 12.3 Å². The van der Waals surface area contributed by atoms with E-state index in [1.165, 1.54) is 5.70 Å². The number of allylic oxidation sites excluding steroid dienone is 2. The molecule has 2 atom stereocenters. The lowest BCUT2D eigenvalue weighted by molar-refractivity contribution is 0.646. The van der Waals surface area contributed by atoms with E-state index in [9.17, 15) is 0 Å². The van der Waals surface area contributed by atoms with E-state index in [0.29, 0.717) is 5.92 Å². The molecule has 0 fully saturated rings. The van der Waals surface area contributed by atoms with Crippen molar-refractivity contribution in [3.8, 4) is 0 Å². The molecule has 1 aliphatic heterocycles. The van der Waals surface area contributed by atoms with E-state index >= 15 is 0 Å². The third-order valence-corrected chi connectivity index (χ3v) is 1.94. The molecule has 1 aliphatic carbocycles. The number of fused-ring (bicyclic) bond motifs is 1. The molecule has 0 saturated carbocycles. The number of hydrogen-bond acceptors (Lipinski definition) is 2. The molecule has 2 nitrogen and oxygen atoms in total. The molecule has 2 aliphatic rings. The van der Waals surface area contributed by atoms with Crippen LogP contribution < -0.4 is 11.1 Å². The lowest BCUT2D eigenvalue weighted by atomic mass is 9.94. The summed E-state index contributed by atoms with van der Waals surface area (Å²) in [5, 5.41) is 3.14. The predicted molar refractivity (Wildman–Crippen MR) is 41.0 cm³/mol. The lowest BCUT2D eigenvalue weighted by Crippen LogP contribution is -2.30. The van der Waals surface area contributed by atoms with Crippen molar-refractivity contribution in [3.05, 3.63) is 36.2 Å². The van der Waals surface area contributed by atoms with E-state index in [4.69, 9.17) is 5.73 Å². The van der Waals surface area contributed by atoms with Gasteiger partial charge in [-0.25, -0.2) is 0 Å².